The Labute approximate surface area is 117 Å². The average Bonchev–Trinajstić information content (AvgIpc) is 2.48. The summed E-state index contributed by atoms with van der Waals surface area (Å²) in [6.07, 6.45) is 6.27. The summed E-state index contributed by atoms with van der Waals surface area (Å²) >= 11 is 0. The summed E-state index contributed by atoms with van der Waals surface area (Å²) in [4.78, 5) is 0. The molecule has 1 saturated heterocycles. The monoisotopic (exact) mass is 261 g/mol. The maximum Gasteiger partial charge on any atom is 0.122 e. The average molecular weight is 261 g/mol. The van der Waals surface area contributed by atoms with E-state index in [2.05, 4.69) is 43.4 Å². The van der Waals surface area contributed by atoms with Gasteiger partial charge in [0.2, 0.25) is 0 Å². The number of hydrogen-bond acceptors (Lipinski definition) is 2. The molecule has 1 aromatic rings. The molecule has 1 aliphatic heterocycles. The van der Waals surface area contributed by atoms with E-state index in [0.29, 0.717) is 12.0 Å². The van der Waals surface area contributed by atoms with Crippen LogP contribution in [0.25, 0.3) is 0 Å². The Morgan fingerprint density at radius 3 is 2.89 bits per heavy atom. The topological polar surface area (TPSA) is 21.3 Å². The van der Waals surface area contributed by atoms with E-state index in [1.807, 2.05) is 0 Å². The molecular weight excluding hydrogens is 234 g/mol. The third kappa shape index (κ3) is 4.24. The first-order chi connectivity index (χ1) is 9.31. The van der Waals surface area contributed by atoms with Crippen molar-refractivity contribution in [2.75, 3.05) is 13.2 Å². The first-order valence-electron chi connectivity index (χ1n) is 7.76. The maximum atomic E-state index is 6.02. The summed E-state index contributed by atoms with van der Waals surface area (Å²) in [7, 11) is 0. The normalized spacial score (nSPS) is 21.1. The summed E-state index contributed by atoms with van der Waals surface area (Å²) in [5, 5.41) is 3.57. The van der Waals surface area contributed by atoms with Gasteiger partial charge in [0.05, 0.1) is 6.61 Å². The van der Waals surface area contributed by atoms with Crippen LogP contribution in [0.2, 0.25) is 0 Å². The van der Waals surface area contributed by atoms with Gasteiger partial charge < -0.3 is 10.1 Å². The molecule has 106 valence electrons. The highest BCUT2D eigenvalue weighted by molar-refractivity contribution is 5.35. The van der Waals surface area contributed by atoms with Crippen LogP contribution in [0.5, 0.6) is 5.75 Å². The van der Waals surface area contributed by atoms with Gasteiger partial charge in [-0.15, -0.1) is 0 Å². The molecule has 1 fully saturated rings. The van der Waals surface area contributed by atoms with Gasteiger partial charge in [-0.05, 0) is 49.8 Å². The fraction of sp³-hybridized carbons (Fsp3) is 0.647. The van der Waals surface area contributed by atoms with Gasteiger partial charge in [0.25, 0.3) is 0 Å². The first-order valence-corrected chi connectivity index (χ1v) is 7.76. The van der Waals surface area contributed by atoms with Gasteiger partial charge in [-0.1, -0.05) is 38.5 Å². The molecule has 2 atom stereocenters. The Balaban J connectivity index is 1.84. The van der Waals surface area contributed by atoms with Crippen molar-refractivity contribution in [3.63, 3.8) is 0 Å². The molecule has 0 bridgehead atoms. The Morgan fingerprint density at radius 1 is 1.32 bits per heavy atom. The number of piperidine rings is 1. The van der Waals surface area contributed by atoms with Gasteiger partial charge in [0, 0.05) is 6.04 Å². The van der Waals surface area contributed by atoms with Gasteiger partial charge >= 0.3 is 0 Å². The smallest absolute Gasteiger partial charge is 0.122 e. The molecular formula is C17H27NO. The Morgan fingerprint density at radius 2 is 2.16 bits per heavy atom. The van der Waals surface area contributed by atoms with Gasteiger partial charge in [0.1, 0.15) is 5.75 Å². The van der Waals surface area contributed by atoms with E-state index >= 15 is 0 Å². The fourth-order valence-corrected chi connectivity index (χ4v) is 2.72. The Bertz CT molecular complexity index is 371. The highest BCUT2D eigenvalue weighted by Crippen LogP contribution is 2.28. The van der Waals surface area contributed by atoms with Crippen molar-refractivity contribution >= 4 is 0 Å². The molecule has 1 heterocycles. The van der Waals surface area contributed by atoms with Crippen LogP contribution in [0, 0.1) is 0 Å². The molecule has 1 aliphatic rings. The molecule has 0 saturated carbocycles. The van der Waals surface area contributed by atoms with Gasteiger partial charge in [-0.2, -0.15) is 0 Å². The molecule has 19 heavy (non-hydrogen) atoms. The standard InChI is InChI=1S/C17H27NO/c1-3-14(2)16-9-4-5-10-17(16)19-13-11-15-8-6-7-12-18-15/h4-5,9-10,14-15,18H,3,6-8,11-13H2,1-2H3/t14-,15+/m0/s1. The highest BCUT2D eigenvalue weighted by Gasteiger charge is 2.13. The van der Waals surface area contributed by atoms with Gasteiger partial charge in [-0.25, -0.2) is 0 Å². The summed E-state index contributed by atoms with van der Waals surface area (Å²) < 4.78 is 6.02. The molecule has 2 heteroatoms. The second-order valence-electron chi connectivity index (χ2n) is 5.63. The van der Waals surface area contributed by atoms with E-state index in [9.17, 15) is 0 Å². The third-order valence-corrected chi connectivity index (χ3v) is 4.20. The van der Waals surface area contributed by atoms with Gasteiger partial charge in [0.15, 0.2) is 0 Å². The lowest BCUT2D eigenvalue weighted by Crippen LogP contribution is -2.35. The zero-order chi connectivity index (χ0) is 13.5. The van der Waals surface area contributed by atoms with E-state index < -0.39 is 0 Å². The molecule has 0 aliphatic carbocycles. The largest absolute Gasteiger partial charge is 0.493 e. The number of ether oxygens (including phenoxy) is 1. The van der Waals surface area contributed by atoms with Crippen LogP contribution in [0.3, 0.4) is 0 Å². The third-order valence-electron chi connectivity index (χ3n) is 4.20. The lowest BCUT2D eigenvalue weighted by atomic mass is 9.98. The van der Waals surface area contributed by atoms with Crippen LogP contribution in [-0.4, -0.2) is 19.2 Å². The summed E-state index contributed by atoms with van der Waals surface area (Å²) in [5.41, 5.74) is 1.35. The SMILES string of the molecule is CC[C@H](C)c1ccccc1OCC[C@H]1CCCCN1. The highest BCUT2D eigenvalue weighted by atomic mass is 16.5. The number of benzene rings is 1. The summed E-state index contributed by atoms with van der Waals surface area (Å²) in [5.74, 6) is 1.65. The van der Waals surface area contributed by atoms with Crippen LogP contribution >= 0.6 is 0 Å². The van der Waals surface area contributed by atoms with E-state index in [1.165, 1.54) is 31.4 Å². The quantitative estimate of drug-likeness (QED) is 0.832. The molecule has 0 unspecified atom stereocenters. The van der Waals surface area contributed by atoms with Crippen molar-refractivity contribution in [3.8, 4) is 5.75 Å². The number of para-hydroxylation sites is 1. The predicted octanol–water partition coefficient (Wildman–Crippen LogP) is 4.11. The minimum atomic E-state index is 0.573. The van der Waals surface area contributed by atoms with Crippen LogP contribution in [0.4, 0.5) is 0 Å². The number of hydrogen-bond donors (Lipinski definition) is 1. The van der Waals surface area contributed by atoms with Crippen molar-refractivity contribution in [1.82, 2.24) is 5.32 Å². The molecule has 0 aromatic heterocycles. The fourth-order valence-electron chi connectivity index (χ4n) is 2.72. The molecule has 2 nitrogen and oxygen atoms in total. The zero-order valence-corrected chi connectivity index (χ0v) is 12.3. The lowest BCUT2D eigenvalue weighted by Gasteiger charge is -2.24. The minimum absolute atomic E-state index is 0.573. The van der Waals surface area contributed by atoms with Crippen LogP contribution in [-0.2, 0) is 0 Å². The molecule has 1 N–H and O–H groups in total. The van der Waals surface area contributed by atoms with Crippen molar-refractivity contribution in [1.29, 1.82) is 0 Å². The van der Waals surface area contributed by atoms with E-state index in [0.717, 1.165) is 25.2 Å². The van der Waals surface area contributed by atoms with Crippen molar-refractivity contribution in [2.45, 2.75) is 57.9 Å². The molecule has 0 spiro atoms. The van der Waals surface area contributed by atoms with E-state index in [4.69, 9.17) is 4.74 Å². The van der Waals surface area contributed by atoms with Crippen LogP contribution in [0.15, 0.2) is 24.3 Å². The number of rotatable bonds is 6. The van der Waals surface area contributed by atoms with Crippen molar-refractivity contribution in [3.05, 3.63) is 29.8 Å². The van der Waals surface area contributed by atoms with Crippen molar-refractivity contribution in [2.24, 2.45) is 0 Å². The molecule has 2 rings (SSSR count). The van der Waals surface area contributed by atoms with Crippen LogP contribution < -0.4 is 10.1 Å². The Kier molecular flexibility index (Phi) is 5.71. The predicted molar refractivity (Wildman–Crippen MR) is 80.9 cm³/mol. The molecule has 0 amide bonds. The van der Waals surface area contributed by atoms with Crippen LogP contribution in [0.1, 0.15) is 57.4 Å². The second kappa shape index (κ2) is 7.54. The summed E-state index contributed by atoms with van der Waals surface area (Å²) in [6, 6.07) is 9.14. The van der Waals surface area contributed by atoms with Gasteiger partial charge in [-0.3, -0.25) is 0 Å². The summed E-state index contributed by atoms with van der Waals surface area (Å²) in [6.45, 7) is 6.50. The minimum Gasteiger partial charge on any atom is -0.493 e. The lowest BCUT2D eigenvalue weighted by molar-refractivity contribution is 0.265. The second-order valence-corrected chi connectivity index (χ2v) is 5.63. The maximum absolute atomic E-state index is 6.02. The number of nitrogens with one attached hydrogen (secondary N) is 1. The molecule has 0 radical (unpaired) electrons. The molecule has 1 aromatic carbocycles. The first kappa shape index (κ1) is 14.4. The zero-order valence-electron chi connectivity index (χ0n) is 12.3. The van der Waals surface area contributed by atoms with E-state index in [-0.39, 0.29) is 0 Å². The van der Waals surface area contributed by atoms with E-state index in [1.54, 1.807) is 0 Å². The van der Waals surface area contributed by atoms with Crippen molar-refractivity contribution < 1.29 is 4.74 Å². The Hall–Kier alpha value is -1.02.